The zero-order valence-electron chi connectivity index (χ0n) is 17.2. The predicted molar refractivity (Wildman–Crippen MR) is 124 cm³/mol. The van der Waals surface area contributed by atoms with Crippen molar-refractivity contribution in [3.05, 3.63) is 71.8 Å². The molecule has 0 atom stereocenters. The standard InChI is InChI=1S/C21H22N2O6S3/c1-21(2,13-3-7-16(8-4-13)31(24,25)26)14-5-10-19(20(11-14)32(27,28)29)30-15-6-9-17(22)18(23)12-15/h3-12H,22-23H2,1-2H3,(H,24,25,26)(H,27,28,29). The first-order valence-corrected chi connectivity index (χ1v) is 12.9. The van der Waals surface area contributed by atoms with Gasteiger partial charge in [0, 0.05) is 15.2 Å². The highest BCUT2D eigenvalue weighted by molar-refractivity contribution is 8.00. The van der Waals surface area contributed by atoms with Gasteiger partial charge in [-0.25, -0.2) is 0 Å². The summed E-state index contributed by atoms with van der Waals surface area (Å²) in [6.45, 7) is 3.65. The summed E-state index contributed by atoms with van der Waals surface area (Å²) in [5.41, 5.74) is 12.8. The third-order valence-electron chi connectivity index (χ3n) is 5.10. The lowest BCUT2D eigenvalue weighted by Crippen LogP contribution is -2.20. The number of hydrogen-bond acceptors (Lipinski definition) is 7. The Morgan fingerprint density at radius 2 is 1.34 bits per heavy atom. The Kier molecular flexibility index (Phi) is 6.33. The van der Waals surface area contributed by atoms with Gasteiger partial charge in [0.2, 0.25) is 0 Å². The molecule has 0 aromatic heterocycles. The molecule has 0 aliphatic heterocycles. The SMILES string of the molecule is CC(C)(c1ccc(S(=O)(=O)O)cc1)c1ccc(Sc2ccc(N)c(N)c2)c(S(=O)(=O)O)c1. The largest absolute Gasteiger partial charge is 0.397 e. The average molecular weight is 495 g/mol. The fourth-order valence-corrected chi connectivity index (χ4v) is 5.53. The molecule has 0 aliphatic carbocycles. The van der Waals surface area contributed by atoms with Gasteiger partial charge in [0.15, 0.2) is 0 Å². The molecule has 3 aromatic carbocycles. The summed E-state index contributed by atoms with van der Waals surface area (Å²) in [5.74, 6) is 0. The summed E-state index contributed by atoms with van der Waals surface area (Å²) in [6.07, 6.45) is 0. The summed E-state index contributed by atoms with van der Waals surface area (Å²) in [6, 6.07) is 15.2. The van der Waals surface area contributed by atoms with Crippen molar-refractivity contribution in [1.82, 2.24) is 0 Å². The highest BCUT2D eigenvalue weighted by atomic mass is 32.2. The molecule has 0 spiro atoms. The van der Waals surface area contributed by atoms with Gasteiger partial charge < -0.3 is 11.5 Å². The van der Waals surface area contributed by atoms with Gasteiger partial charge in [-0.2, -0.15) is 16.8 Å². The van der Waals surface area contributed by atoms with Crippen LogP contribution >= 0.6 is 11.8 Å². The normalized spacial score (nSPS) is 12.6. The lowest BCUT2D eigenvalue weighted by atomic mass is 9.78. The minimum Gasteiger partial charge on any atom is -0.397 e. The molecule has 3 aromatic rings. The molecule has 0 radical (unpaired) electrons. The van der Waals surface area contributed by atoms with E-state index in [1.807, 2.05) is 13.8 Å². The van der Waals surface area contributed by atoms with E-state index in [0.717, 1.165) is 11.8 Å². The maximum Gasteiger partial charge on any atom is 0.295 e. The number of hydrogen-bond donors (Lipinski definition) is 4. The smallest absolute Gasteiger partial charge is 0.295 e. The highest BCUT2D eigenvalue weighted by Gasteiger charge is 2.27. The van der Waals surface area contributed by atoms with Gasteiger partial charge in [-0.1, -0.05) is 43.8 Å². The molecule has 11 heteroatoms. The van der Waals surface area contributed by atoms with Crippen molar-refractivity contribution in [2.45, 2.75) is 38.8 Å². The fraction of sp³-hybridized carbons (Fsp3) is 0.143. The summed E-state index contributed by atoms with van der Waals surface area (Å²) >= 11 is 1.11. The molecular weight excluding hydrogens is 472 g/mol. The number of nitrogens with two attached hydrogens (primary N) is 2. The number of benzene rings is 3. The van der Waals surface area contributed by atoms with Crippen LogP contribution in [0.25, 0.3) is 0 Å². The van der Waals surface area contributed by atoms with E-state index in [9.17, 15) is 25.9 Å². The fourth-order valence-electron chi connectivity index (χ4n) is 3.14. The maximum atomic E-state index is 12.1. The minimum absolute atomic E-state index is 0.245. The van der Waals surface area contributed by atoms with Crippen molar-refractivity contribution in [2.24, 2.45) is 0 Å². The van der Waals surface area contributed by atoms with Gasteiger partial charge in [0.05, 0.1) is 16.3 Å². The Labute approximate surface area is 191 Å². The van der Waals surface area contributed by atoms with Crippen molar-refractivity contribution in [3.63, 3.8) is 0 Å². The Bertz CT molecular complexity index is 1380. The number of rotatable bonds is 6. The summed E-state index contributed by atoms with van der Waals surface area (Å²) in [7, 11) is -8.88. The molecule has 0 aliphatic rings. The van der Waals surface area contributed by atoms with Gasteiger partial charge in [-0.3, -0.25) is 9.11 Å². The second kappa shape index (κ2) is 8.41. The summed E-state index contributed by atoms with van der Waals surface area (Å²) in [4.78, 5) is 0.440. The Balaban J connectivity index is 2.05. The third-order valence-corrected chi connectivity index (χ3v) is 8.06. The van der Waals surface area contributed by atoms with Crippen molar-refractivity contribution in [3.8, 4) is 0 Å². The summed E-state index contributed by atoms with van der Waals surface area (Å²) in [5, 5.41) is 0. The van der Waals surface area contributed by atoms with Crippen LogP contribution in [0.4, 0.5) is 11.4 Å². The van der Waals surface area contributed by atoms with E-state index in [1.165, 1.54) is 30.3 Å². The quantitative estimate of drug-likeness (QED) is 0.295. The molecular formula is C21H22N2O6S3. The molecule has 0 amide bonds. The van der Waals surface area contributed by atoms with Crippen LogP contribution in [-0.4, -0.2) is 25.9 Å². The second-order valence-electron chi connectivity index (χ2n) is 7.65. The van der Waals surface area contributed by atoms with Crippen molar-refractivity contribution in [1.29, 1.82) is 0 Å². The van der Waals surface area contributed by atoms with Crippen LogP contribution in [0.1, 0.15) is 25.0 Å². The molecule has 0 unspecified atom stereocenters. The lowest BCUT2D eigenvalue weighted by molar-refractivity contribution is 0.479. The lowest BCUT2D eigenvalue weighted by Gasteiger charge is -2.27. The van der Waals surface area contributed by atoms with Crippen LogP contribution in [-0.2, 0) is 25.7 Å². The molecule has 0 bridgehead atoms. The Morgan fingerprint density at radius 3 is 1.88 bits per heavy atom. The minimum atomic E-state index is -4.55. The third kappa shape index (κ3) is 5.08. The van der Waals surface area contributed by atoms with E-state index >= 15 is 0 Å². The molecule has 3 rings (SSSR count). The zero-order chi connectivity index (χ0) is 23.9. The topological polar surface area (TPSA) is 161 Å². The van der Waals surface area contributed by atoms with E-state index in [1.54, 1.807) is 30.3 Å². The van der Waals surface area contributed by atoms with Crippen LogP contribution < -0.4 is 11.5 Å². The molecule has 0 fully saturated rings. The second-order valence-corrected chi connectivity index (χ2v) is 11.6. The first kappa shape index (κ1) is 24.1. The van der Waals surface area contributed by atoms with E-state index in [-0.39, 0.29) is 9.79 Å². The molecule has 170 valence electrons. The van der Waals surface area contributed by atoms with Gasteiger partial charge in [0.1, 0.15) is 4.90 Å². The first-order valence-electron chi connectivity index (χ1n) is 9.22. The molecule has 8 nitrogen and oxygen atoms in total. The van der Waals surface area contributed by atoms with Crippen molar-refractivity contribution >= 4 is 43.4 Å². The van der Waals surface area contributed by atoms with Gasteiger partial charge in [-0.05, 0) is 53.6 Å². The van der Waals surface area contributed by atoms with E-state index in [0.29, 0.717) is 32.3 Å². The van der Waals surface area contributed by atoms with Crippen LogP contribution in [0.5, 0.6) is 0 Å². The molecule has 6 N–H and O–H groups in total. The Morgan fingerprint density at radius 1 is 0.750 bits per heavy atom. The van der Waals surface area contributed by atoms with Gasteiger partial charge in [-0.15, -0.1) is 0 Å². The van der Waals surface area contributed by atoms with Gasteiger partial charge >= 0.3 is 0 Å². The molecule has 32 heavy (non-hydrogen) atoms. The number of anilines is 2. The van der Waals surface area contributed by atoms with Gasteiger partial charge in [0.25, 0.3) is 20.2 Å². The van der Waals surface area contributed by atoms with Crippen LogP contribution in [0.2, 0.25) is 0 Å². The Hall–Kier alpha value is -2.57. The van der Waals surface area contributed by atoms with Crippen molar-refractivity contribution in [2.75, 3.05) is 11.5 Å². The van der Waals surface area contributed by atoms with Crippen LogP contribution in [0.15, 0.2) is 80.2 Å². The van der Waals surface area contributed by atoms with E-state index in [2.05, 4.69) is 0 Å². The molecule has 0 heterocycles. The van der Waals surface area contributed by atoms with E-state index < -0.39 is 25.7 Å². The zero-order valence-corrected chi connectivity index (χ0v) is 19.6. The van der Waals surface area contributed by atoms with Crippen LogP contribution in [0.3, 0.4) is 0 Å². The van der Waals surface area contributed by atoms with Crippen molar-refractivity contribution < 1.29 is 25.9 Å². The predicted octanol–water partition coefficient (Wildman–Crippen LogP) is 3.82. The average Bonchev–Trinajstić information content (AvgIpc) is 2.69. The molecule has 0 saturated heterocycles. The number of nitrogen functional groups attached to an aromatic ring is 2. The van der Waals surface area contributed by atoms with E-state index in [4.69, 9.17) is 11.5 Å². The highest BCUT2D eigenvalue weighted by Crippen LogP contribution is 2.39. The first-order chi connectivity index (χ1) is 14.7. The maximum absolute atomic E-state index is 12.1. The molecule has 0 saturated carbocycles. The summed E-state index contributed by atoms with van der Waals surface area (Å²) < 4.78 is 65.9. The monoisotopic (exact) mass is 494 g/mol. The van der Waals surface area contributed by atoms with Crippen LogP contribution in [0, 0.1) is 0 Å².